The van der Waals surface area contributed by atoms with Crippen LogP contribution < -0.4 is 10.5 Å². The Morgan fingerprint density at radius 2 is 2.03 bits per heavy atom. The summed E-state index contributed by atoms with van der Waals surface area (Å²) < 4.78 is 7.12. The van der Waals surface area contributed by atoms with E-state index in [1.54, 1.807) is 36.2 Å². The first-order valence-corrected chi connectivity index (χ1v) is 12.2. The Balaban J connectivity index is 1.74. The highest BCUT2D eigenvalue weighted by atomic mass is 32.2. The quantitative estimate of drug-likeness (QED) is 0.362. The van der Waals surface area contributed by atoms with Gasteiger partial charge in [0.05, 0.1) is 23.0 Å². The van der Waals surface area contributed by atoms with Crippen molar-refractivity contribution >= 4 is 57.7 Å². The van der Waals surface area contributed by atoms with E-state index in [1.165, 1.54) is 16.2 Å². The number of piperidine rings is 1. The lowest BCUT2D eigenvalue weighted by atomic mass is 9.96. The number of anilines is 1. The average molecular weight is 487 g/mol. The van der Waals surface area contributed by atoms with E-state index >= 15 is 0 Å². The van der Waals surface area contributed by atoms with Crippen molar-refractivity contribution in [2.24, 2.45) is 5.92 Å². The summed E-state index contributed by atoms with van der Waals surface area (Å²) >= 11 is 6.59. The molecule has 2 aromatic heterocycles. The molecule has 0 atom stereocenters. The third-order valence-electron chi connectivity index (χ3n) is 5.78. The number of hydrogen-bond donors (Lipinski definition) is 0. The van der Waals surface area contributed by atoms with E-state index in [9.17, 15) is 14.4 Å². The topological polar surface area (TPSA) is 84.2 Å². The lowest BCUT2D eigenvalue weighted by Gasteiger charge is -2.32. The van der Waals surface area contributed by atoms with Gasteiger partial charge in [0, 0.05) is 25.3 Å². The summed E-state index contributed by atoms with van der Waals surface area (Å²) in [6.07, 6.45) is 4.51. The lowest BCUT2D eigenvalue weighted by Crippen LogP contribution is -2.39. The molecule has 0 aliphatic carbocycles. The van der Waals surface area contributed by atoms with Crippen LogP contribution >= 0.6 is 24.0 Å². The van der Waals surface area contributed by atoms with E-state index in [0.29, 0.717) is 58.8 Å². The molecule has 2 aliphatic heterocycles. The smallest absolute Gasteiger partial charge is 0.309 e. The maximum Gasteiger partial charge on any atom is 0.309 e. The number of fused-ring (bicyclic) bond motifs is 1. The third-order valence-corrected chi connectivity index (χ3v) is 7.11. The fourth-order valence-electron chi connectivity index (χ4n) is 4.10. The minimum absolute atomic E-state index is 0.0689. The van der Waals surface area contributed by atoms with Crippen molar-refractivity contribution in [3.63, 3.8) is 0 Å². The van der Waals surface area contributed by atoms with Crippen LogP contribution in [0.1, 0.15) is 39.2 Å². The molecule has 0 radical (unpaired) electrons. The van der Waals surface area contributed by atoms with Gasteiger partial charge in [-0.15, -0.1) is 0 Å². The van der Waals surface area contributed by atoms with Crippen LogP contribution in [0.3, 0.4) is 0 Å². The second kappa shape index (κ2) is 9.64. The van der Waals surface area contributed by atoms with Gasteiger partial charge < -0.3 is 9.64 Å². The van der Waals surface area contributed by atoms with Crippen LogP contribution in [0.4, 0.5) is 5.82 Å². The van der Waals surface area contributed by atoms with Crippen LogP contribution in [0.25, 0.3) is 11.7 Å². The zero-order valence-corrected chi connectivity index (χ0v) is 20.4. The Morgan fingerprint density at radius 3 is 2.67 bits per heavy atom. The molecule has 0 saturated carbocycles. The molecule has 0 unspecified atom stereocenters. The Hall–Kier alpha value is -2.72. The first kappa shape index (κ1) is 23.4. The van der Waals surface area contributed by atoms with Gasteiger partial charge >= 0.3 is 5.97 Å². The molecule has 0 N–H and O–H groups in total. The summed E-state index contributed by atoms with van der Waals surface area (Å²) in [5.74, 6) is -0.0253. The van der Waals surface area contributed by atoms with Crippen molar-refractivity contribution in [3.8, 4) is 0 Å². The lowest BCUT2D eigenvalue weighted by molar-refractivity contribution is -0.148. The number of amides is 1. The van der Waals surface area contributed by atoms with Gasteiger partial charge in [0.15, 0.2) is 0 Å². The van der Waals surface area contributed by atoms with Crippen LogP contribution in [-0.2, 0) is 14.3 Å². The van der Waals surface area contributed by atoms with E-state index in [4.69, 9.17) is 21.9 Å². The number of aromatic nitrogens is 2. The second-order valence-electron chi connectivity index (χ2n) is 8.24. The Labute approximate surface area is 201 Å². The van der Waals surface area contributed by atoms with E-state index in [-0.39, 0.29) is 29.4 Å². The van der Waals surface area contributed by atoms with Crippen LogP contribution in [0.5, 0.6) is 0 Å². The number of thioether (sulfide) groups is 1. The number of esters is 1. The van der Waals surface area contributed by atoms with Crippen LogP contribution in [0.2, 0.25) is 0 Å². The Morgan fingerprint density at radius 1 is 1.30 bits per heavy atom. The summed E-state index contributed by atoms with van der Waals surface area (Å²) in [6, 6.07) is 5.30. The first-order chi connectivity index (χ1) is 15.8. The fourth-order valence-corrected chi connectivity index (χ4v) is 5.61. The fraction of sp³-hybridized carbons (Fsp3) is 0.435. The summed E-state index contributed by atoms with van der Waals surface area (Å²) in [5, 5.41) is 0. The molecule has 4 rings (SSSR count). The number of ether oxygens (including phenoxy) is 1. The monoisotopic (exact) mass is 486 g/mol. The van der Waals surface area contributed by atoms with Gasteiger partial charge in [-0.25, -0.2) is 4.98 Å². The summed E-state index contributed by atoms with van der Waals surface area (Å²) in [4.78, 5) is 47.3. The van der Waals surface area contributed by atoms with E-state index in [2.05, 4.69) is 0 Å². The Bertz CT molecular complexity index is 1200. The van der Waals surface area contributed by atoms with E-state index in [1.807, 2.05) is 24.8 Å². The van der Waals surface area contributed by atoms with Crippen LogP contribution in [0.15, 0.2) is 34.1 Å². The minimum Gasteiger partial charge on any atom is -0.466 e. The number of hydrogen-bond acceptors (Lipinski definition) is 8. The van der Waals surface area contributed by atoms with Gasteiger partial charge in [0.2, 0.25) is 0 Å². The molecule has 2 fully saturated rings. The number of carbonyl (C=O) groups excluding carboxylic acids is 2. The molecule has 174 valence electrons. The zero-order chi connectivity index (χ0) is 23.7. The molecular formula is C23H26N4O4S2. The molecule has 2 aromatic rings. The molecule has 0 spiro atoms. The summed E-state index contributed by atoms with van der Waals surface area (Å²) in [6.45, 7) is 7.09. The SMILES string of the molecule is CCOC(=O)C1CCN(c2nc3ccccn3c(=O)c2/C=C2\SC(=S)N(C(C)C)C2=O)CC1. The van der Waals surface area contributed by atoms with Gasteiger partial charge in [0.25, 0.3) is 11.5 Å². The second-order valence-corrected chi connectivity index (χ2v) is 9.92. The molecule has 1 amide bonds. The third kappa shape index (κ3) is 4.54. The first-order valence-electron chi connectivity index (χ1n) is 11.0. The molecule has 4 heterocycles. The highest BCUT2D eigenvalue weighted by Crippen LogP contribution is 2.35. The molecule has 8 nitrogen and oxygen atoms in total. The number of rotatable bonds is 5. The van der Waals surface area contributed by atoms with Crippen molar-refractivity contribution in [3.05, 3.63) is 45.2 Å². The molecule has 33 heavy (non-hydrogen) atoms. The van der Waals surface area contributed by atoms with Gasteiger partial charge in [0.1, 0.15) is 15.8 Å². The van der Waals surface area contributed by atoms with E-state index in [0.717, 1.165) is 0 Å². The van der Waals surface area contributed by atoms with Gasteiger partial charge in [-0.2, -0.15) is 0 Å². The van der Waals surface area contributed by atoms with Crippen molar-refractivity contribution in [2.45, 2.75) is 39.7 Å². The van der Waals surface area contributed by atoms with Crippen molar-refractivity contribution in [2.75, 3.05) is 24.6 Å². The molecular weight excluding hydrogens is 460 g/mol. The number of thiocarbonyl (C=S) groups is 1. The van der Waals surface area contributed by atoms with Crippen molar-refractivity contribution in [1.82, 2.24) is 14.3 Å². The highest BCUT2D eigenvalue weighted by Gasteiger charge is 2.35. The normalized spacial score (nSPS) is 18.7. The molecule has 2 saturated heterocycles. The zero-order valence-electron chi connectivity index (χ0n) is 18.8. The number of nitrogens with zero attached hydrogens (tertiary/aromatic N) is 4. The van der Waals surface area contributed by atoms with Crippen LogP contribution in [0, 0.1) is 5.92 Å². The average Bonchev–Trinajstić information content (AvgIpc) is 3.08. The number of carbonyl (C=O) groups is 2. The van der Waals surface area contributed by atoms with Gasteiger partial charge in [-0.05, 0) is 51.8 Å². The summed E-state index contributed by atoms with van der Waals surface area (Å²) in [7, 11) is 0. The minimum atomic E-state index is -0.252. The summed E-state index contributed by atoms with van der Waals surface area (Å²) in [5.41, 5.74) is 0.618. The maximum absolute atomic E-state index is 13.5. The maximum atomic E-state index is 13.5. The van der Waals surface area contributed by atoms with Crippen molar-refractivity contribution < 1.29 is 14.3 Å². The largest absolute Gasteiger partial charge is 0.466 e. The highest BCUT2D eigenvalue weighted by molar-refractivity contribution is 8.26. The predicted octanol–water partition coefficient (Wildman–Crippen LogP) is 3.08. The standard InChI is InChI=1S/C23H26N4O4S2/c1-4-31-22(30)15-8-11-25(12-9-15)19-16(20(28)26-10-6-5-7-18(26)24-19)13-17-21(29)27(14(2)3)23(32)33-17/h5-7,10,13-15H,4,8-9,11-12H2,1-3H3/b17-13-. The van der Waals surface area contributed by atoms with Crippen molar-refractivity contribution in [1.29, 1.82) is 0 Å². The van der Waals surface area contributed by atoms with Gasteiger partial charge in [-0.3, -0.25) is 23.7 Å². The van der Waals surface area contributed by atoms with E-state index < -0.39 is 0 Å². The molecule has 2 aliphatic rings. The Kier molecular flexibility index (Phi) is 6.85. The molecule has 0 bridgehead atoms. The van der Waals surface area contributed by atoms with Gasteiger partial charge in [-0.1, -0.05) is 30.0 Å². The molecule has 0 aromatic carbocycles. The molecule has 10 heteroatoms. The van der Waals surface area contributed by atoms with Crippen LogP contribution in [-0.4, -0.2) is 56.2 Å². The predicted molar refractivity (Wildman–Crippen MR) is 133 cm³/mol. The number of pyridine rings is 1.